The third kappa shape index (κ3) is 3.84. The van der Waals surface area contributed by atoms with Crippen LogP contribution in [0.2, 0.25) is 10.0 Å². The predicted molar refractivity (Wildman–Crippen MR) is 114 cm³/mol. The molecule has 0 aromatic heterocycles. The molecule has 0 atom stereocenters. The van der Waals surface area contributed by atoms with E-state index in [1.807, 2.05) is 12.1 Å². The number of carbonyl (C=O) groups is 3. The van der Waals surface area contributed by atoms with E-state index in [1.54, 1.807) is 42.5 Å². The van der Waals surface area contributed by atoms with Gasteiger partial charge in [0.05, 0.1) is 0 Å². The molecule has 0 spiro atoms. The molecule has 3 aromatic carbocycles. The van der Waals surface area contributed by atoms with Crippen LogP contribution in [0.25, 0.3) is 10.8 Å². The molecule has 3 aromatic rings. The van der Waals surface area contributed by atoms with Gasteiger partial charge in [-0.1, -0.05) is 47.5 Å². The Hall–Kier alpha value is -2.89. The summed E-state index contributed by atoms with van der Waals surface area (Å²) in [6, 6.07) is 15.6. The first kappa shape index (κ1) is 19.4. The van der Waals surface area contributed by atoms with Crippen LogP contribution in [0.5, 0.6) is 0 Å². The Morgan fingerprint density at radius 1 is 0.897 bits per heavy atom. The molecule has 29 heavy (non-hydrogen) atoms. The summed E-state index contributed by atoms with van der Waals surface area (Å²) in [5.41, 5.74) is 1.52. The van der Waals surface area contributed by atoms with Gasteiger partial charge in [-0.25, -0.2) is 0 Å². The SMILES string of the molecule is O=C(CCCN1C(=O)c2cccc3cccc(c23)C1=O)Nc1cc(Cl)cc(Cl)c1. The maximum absolute atomic E-state index is 12.8. The Morgan fingerprint density at radius 2 is 1.48 bits per heavy atom. The number of anilines is 1. The minimum Gasteiger partial charge on any atom is -0.326 e. The van der Waals surface area contributed by atoms with Gasteiger partial charge in [-0.05, 0) is 42.1 Å². The molecular formula is C22H16Cl2N2O3. The number of hydrogen-bond acceptors (Lipinski definition) is 3. The predicted octanol–water partition coefficient (Wildman–Crippen LogP) is 5.16. The zero-order chi connectivity index (χ0) is 20.5. The molecular weight excluding hydrogens is 411 g/mol. The Kier molecular flexibility index (Phi) is 5.26. The Bertz CT molecular complexity index is 1090. The molecule has 146 valence electrons. The van der Waals surface area contributed by atoms with Gasteiger partial charge in [0.1, 0.15) is 0 Å². The highest BCUT2D eigenvalue weighted by molar-refractivity contribution is 6.35. The molecule has 1 aliphatic rings. The lowest BCUT2D eigenvalue weighted by Gasteiger charge is -2.27. The number of amides is 3. The highest BCUT2D eigenvalue weighted by Crippen LogP contribution is 2.30. The van der Waals surface area contributed by atoms with Crippen molar-refractivity contribution in [2.45, 2.75) is 12.8 Å². The number of nitrogens with one attached hydrogen (secondary N) is 1. The van der Waals surface area contributed by atoms with Crippen LogP contribution in [0.15, 0.2) is 54.6 Å². The van der Waals surface area contributed by atoms with Gasteiger partial charge in [0, 0.05) is 45.2 Å². The summed E-state index contributed by atoms with van der Waals surface area (Å²) in [6.07, 6.45) is 0.489. The number of hydrogen-bond donors (Lipinski definition) is 1. The fourth-order valence-electron chi connectivity index (χ4n) is 3.53. The Morgan fingerprint density at radius 3 is 2.07 bits per heavy atom. The third-order valence-electron chi connectivity index (χ3n) is 4.79. The smallest absolute Gasteiger partial charge is 0.261 e. The highest BCUT2D eigenvalue weighted by atomic mass is 35.5. The van der Waals surface area contributed by atoms with Crippen molar-refractivity contribution < 1.29 is 14.4 Å². The molecule has 0 bridgehead atoms. The van der Waals surface area contributed by atoms with Crippen molar-refractivity contribution in [3.63, 3.8) is 0 Å². The second kappa shape index (κ2) is 7.85. The number of halogens is 2. The van der Waals surface area contributed by atoms with Gasteiger partial charge in [0.2, 0.25) is 5.91 Å². The molecule has 5 nitrogen and oxygen atoms in total. The number of nitrogens with zero attached hydrogens (tertiary/aromatic N) is 1. The van der Waals surface area contributed by atoms with Crippen molar-refractivity contribution in [1.29, 1.82) is 0 Å². The molecule has 0 fully saturated rings. The summed E-state index contributed by atoms with van der Waals surface area (Å²) in [4.78, 5) is 39.1. The monoisotopic (exact) mass is 426 g/mol. The second-order valence-corrected chi connectivity index (χ2v) is 7.65. The quantitative estimate of drug-likeness (QED) is 0.572. The van der Waals surface area contributed by atoms with Gasteiger partial charge in [-0.3, -0.25) is 19.3 Å². The first-order chi connectivity index (χ1) is 13.9. The van der Waals surface area contributed by atoms with Crippen LogP contribution >= 0.6 is 23.2 Å². The molecule has 0 saturated heterocycles. The molecule has 0 saturated carbocycles. The molecule has 0 radical (unpaired) electrons. The summed E-state index contributed by atoms with van der Waals surface area (Å²) in [7, 11) is 0. The molecule has 4 rings (SSSR count). The van der Waals surface area contributed by atoms with Gasteiger partial charge < -0.3 is 5.32 Å². The third-order valence-corrected chi connectivity index (χ3v) is 5.22. The summed E-state index contributed by atoms with van der Waals surface area (Å²) in [5, 5.41) is 5.12. The maximum Gasteiger partial charge on any atom is 0.261 e. The van der Waals surface area contributed by atoms with Crippen LogP contribution in [0.3, 0.4) is 0 Å². The van der Waals surface area contributed by atoms with Gasteiger partial charge >= 0.3 is 0 Å². The standard InChI is InChI=1S/C22H16Cl2N2O3/c23-14-10-15(24)12-16(11-14)25-19(27)8-3-9-26-21(28)17-6-1-4-13-5-2-7-18(20(13)17)22(26)29/h1-2,4-7,10-12H,3,8-9H2,(H,25,27). The zero-order valence-corrected chi connectivity index (χ0v) is 16.8. The first-order valence-corrected chi connectivity index (χ1v) is 9.83. The lowest BCUT2D eigenvalue weighted by molar-refractivity contribution is -0.116. The van der Waals surface area contributed by atoms with Gasteiger partial charge in [0.15, 0.2) is 0 Å². The minimum atomic E-state index is -0.332. The summed E-state index contributed by atoms with van der Waals surface area (Å²) in [5.74, 6) is -0.912. The number of rotatable bonds is 5. The Balaban J connectivity index is 1.43. The molecule has 3 amide bonds. The van der Waals surface area contributed by atoms with E-state index in [0.29, 0.717) is 38.7 Å². The van der Waals surface area contributed by atoms with Crippen molar-refractivity contribution >= 4 is 57.4 Å². The van der Waals surface area contributed by atoms with Crippen molar-refractivity contribution in [1.82, 2.24) is 4.90 Å². The molecule has 0 aliphatic carbocycles. The topological polar surface area (TPSA) is 66.5 Å². The second-order valence-electron chi connectivity index (χ2n) is 6.78. The van der Waals surface area contributed by atoms with Crippen molar-refractivity contribution in [3.05, 3.63) is 75.8 Å². The first-order valence-electron chi connectivity index (χ1n) is 9.08. The molecule has 1 N–H and O–H groups in total. The van der Waals surface area contributed by atoms with E-state index in [4.69, 9.17) is 23.2 Å². The lowest BCUT2D eigenvalue weighted by Crippen LogP contribution is -2.41. The molecule has 0 unspecified atom stereocenters. The number of carbonyl (C=O) groups excluding carboxylic acids is 3. The average molecular weight is 427 g/mol. The van der Waals surface area contributed by atoms with E-state index in [0.717, 1.165) is 5.39 Å². The molecule has 1 heterocycles. The van der Waals surface area contributed by atoms with Crippen LogP contribution in [-0.4, -0.2) is 29.2 Å². The zero-order valence-electron chi connectivity index (χ0n) is 15.2. The maximum atomic E-state index is 12.8. The van der Waals surface area contributed by atoms with E-state index in [2.05, 4.69) is 5.32 Å². The molecule has 1 aliphatic heterocycles. The van der Waals surface area contributed by atoms with E-state index in [-0.39, 0.29) is 30.7 Å². The minimum absolute atomic E-state index is 0.146. The van der Waals surface area contributed by atoms with Gasteiger partial charge in [0.25, 0.3) is 11.8 Å². The van der Waals surface area contributed by atoms with E-state index in [9.17, 15) is 14.4 Å². The number of imide groups is 1. The summed E-state index contributed by atoms with van der Waals surface area (Å²) >= 11 is 11.9. The van der Waals surface area contributed by atoms with Crippen LogP contribution in [0, 0.1) is 0 Å². The van der Waals surface area contributed by atoms with Crippen LogP contribution in [0.4, 0.5) is 5.69 Å². The van der Waals surface area contributed by atoms with Gasteiger partial charge in [-0.15, -0.1) is 0 Å². The normalized spacial score (nSPS) is 13.1. The van der Waals surface area contributed by atoms with E-state index in [1.165, 1.54) is 4.90 Å². The number of benzene rings is 3. The fraction of sp³-hybridized carbons (Fsp3) is 0.136. The van der Waals surface area contributed by atoms with Crippen LogP contribution in [0.1, 0.15) is 33.6 Å². The summed E-state index contributed by atoms with van der Waals surface area (Å²) in [6.45, 7) is 0.159. The van der Waals surface area contributed by atoms with Crippen molar-refractivity contribution in [2.75, 3.05) is 11.9 Å². The van der Waals surface area contributed by atoms with Crippen molar-refractivity contribution in [3.8, 4) is 0 Å². The van der Waals surface area contributed by atoms with E-state index < -0.39 is 0 Å². The van der Waals surface area contributed by atoms with Crippen molar-refractivity contribution in [2.24, 2.45) is 0 Å². The van der Waals surface area contributed by atoms with E-state index >= 15 is 0 Å². The fourth-order valence-corrected chi connectivity index (χ4v) is 4.06. The highest BCUT2D eigenvalue weighted by Gasteiger charge is 2.32. The lowest BCUT2D eigenvalue weighted by atomic mass is 9.94. The molecule has 7 heteroatoms. The van der Waals surface area contributed by atoms with Crippen LogP contribution < -0.4 is 5.32 Å². The average Bonchev–Trinajstić information content (AvgIpc) is 2.67. The Labute approximate surface area is 177 Å². The van der Waals surface area contributed by atoms with Gasteiger partial charge in [-0.2, -0.15) is 0 Å². The summed E-state index contributed by atoms with van der Waals surface area (Å²) < 4.78 is 0. The van der Waals surface area contributed by atoms with Crippen LogP contribution in [-0.2, 0) is 4.79 Å². The largest absolute Gasteiger partial charge is 0.326 e.